The smallest absolute Gasteiger partial charge is 0.279 e. The predicted molar refractivity (Wildman–Crippen MR) is 107 cm³/mol. The maximum absolute atomic E-state index is 12.8. The fourth-order valence-electron chi connectivity index (χ4n) is 2.59. The molecule has 1 amide bonds. The molecule has 1 aliphatic heterocycles. The monoisotopic (exact) mass is 410 g/mol. The number of hydrogen-bond donors (Lipinski definition) is 1. The van der Waals surface area contributed by atoms with Gasteiger partial charge in [-0.3, -0.25) is 19.7 Å². The topological polar surface area (TPSA) is 57.6 Å². The van der Waals surface area contributed by atoms with Gasteiger partial charge < -0.3 is 5.32 Å². The van der Waals surface area contributed by atoms with E-state index in [4.69, 9.17) is 34.8 Å². The first-order chi connectivity index (χ1) is 12.6. The quantitative estimate of drug-likeness (QED) is 0.738. The van der Waals surface area contributed by atoms with Gasteiger partial charge in [0.1, 0.15) is 5.69 Å². The van der Waals surface area contributed by atoms with Crippen molar-refractivity contribution in [1.29, 1.82) is 0 Å². The first kappa shape index (κ1) is 19.0. The second kappa shape index (κ2) is 8.71. The first-order valence-electron chi connectivity index (χ1n) is 8.18. The highest BCUT2D eigenvalue weighted by Crippen LogP contribution is 2.30. The lowest BCUT2D eigenvalue weighted by atomic mass is 10.1. The SMILES string of the molecule is O=C(c1ccc(CCCCl)cn1)N1CCN=C1Nc1c(Cl)cccc1Cl. The number of para-hydroxylation sites is 1. The summed E-state index contributed by atoms with van der Waals surface area (Å²) in [5.74, 6) is 0.795. The van der Waals surface area contributed by atoms with Crippen LogP contribution in [-0.4, -0.2) is 40.7 Å². The summed E-state index contributed by atoms with van der Waals surface area (Å²) in [7, 11) is 0. The van der Waals surface area contributed by atoms with Gasteiger partial charge in [0, 0.05) is 18.6 Å². The number of halogens is 3. The van der Waals surface area contributed by atoms with E-state index in [1.807, 2.05) is 6.07 Å². The molecular weight excluding hydrogens is 395 g/mol. The summed E-state index contributed by atoms with van der Waals surface area (Å²) in [6.07, 6.45) is 3.43. The van der Waals surface area contributed by atoms with Crippen molar-refractivity contribution in [2.45, 2.75) is 12.8 Å². The van der Waals surface area contributed by atoms with E-state index in [1.165, 1.54) is 0 Å². The fourth-order valence-corrected chi connectivity index (χ4v) is 3.21. The summed E-state index contributed by atoms with van der Waals surface area (Å²) in [6.45, 7) is 0.975. The molecule has 0 aliphatic carbocycles. The van der Waals surface area contributed by atoms with Crippen LogP contribution in [0.2, 0.25) is 10.0 Å². The van der Waals surface area contributed by atoms with E-state index in [-0.39, 0.29) is 5.91 Å². The number of amides is 1. The van der Waals surface area contributed by atoms with Crippen LogP contribution >= 0.6 is 34.8 Å². The molecule has 0 bridgehead atoms. The molecule has 0 spiro atoms. The highest BCUT2D eigenvalue weighted by atomic mass is 35.5. The van der Waals surface area contributed by atoms with Crippen molar-refractivity contribution in [3.63, 3.8) is 0 Å². The maximum atomic E-state index is 12.8. The molecule has 26 heavy (non-hydrogen) atoms. The summed E-state index contributed by atoms with van der Waals surface area (Å²) < 4.78 is 0. The van der Waals surface area contributed by atoms with Crippen molar-refractivity contribution in [3.8, 4) is 0 Å². The Kier molecular flexibility index (Phi) is 6.35. The molecule has 0 radical (unpaired) electrons. The van der Waals surface area contributed by atoms with Crippen molar-refractivity contribution in [2.75, 3.05) is 24.3 Å². The summed E-state index contributed by atoms with van der Waals surface area (Å²) in [4.78, 5) is 23.0. The van der Waals surface area contributed by atoms with E-state index in [9.17, 15) is 4.79 Å². The number of pyridine rings is 1. The summed E-state index contributed by atoms with van der Waals surface area (Å²) in [5, 5.41) is 3.99. The number of carbonyl (C=O) groups excluding carboxylic acids is 1. The van der Waals surface area contributed by atoms with Crippen molar-refractivity contribution in [2.24, 2.45) is 4.99 Å². The third-order valence-corrected chi connectivity index (χ3v) is 4.83. The summed E-state index contributed by atoms with van der Waals surface area (Å²) in [6, 6.07) is 8.82. The average Bonchev–Trinajstić information content (AvgIpc) is 3.11. The highest BCUT2D eigenvalue weighted by Gasteiger charge is 2.26. The van der Waals surface area contributed by atoms with Crippen LogP contribution in [0.4, 0.5) is 5.69 Å². The Hall–Kier alpha value is -1.82. The molecule has 3 rings (SSSR count). The molecule has 1 aliphatic rings. The molecule has 5 nitrogen and oxygen atoms in total. The minimum Gasteiger partial charge on any atom is -0.323 e. The fraction of sp³-hybridized carbons (Fsp3) is 0.278. The third-order valence-electron chi connectivity index (χ3n) is 3.93. The largest absolute Gasteiger partial charge is 0.323 e. The number of aliphatic imine (C=N–C) groups is 1. The van der Waals surface area contributed by atoms with Gasteiger partial charge in [-0.15, -0.1) is 11.6 Å². The van der Waals surface area contributed by atoms with Crippen molar-refractivity contribution in [3.05, 3.63) is 57.8 Å². The molecule has 0 atom stereocenters. The molecule has 2 aromatic rings. The molecule has 0 unspecified atom stereocenters. The second-order valence-corrected chi connectivity index (χ2v) is 6.92. The lowest BCUT2D eigenvalue weighted by Crippen LogP contribution is -2.38. The van der Waals surface area contributed by atoms with Crippen molar-refractivity contribution in [1.82, 2.24) is 9.88 Å². The normalized spacial score (nSPS) is 13.7. The number of guanidine groups is 1. The molecule has 8 heteroatoms. The van der Waals surface area contributed by atoms with Crippen LogP contribution < -0.4 is 5.32 Å². The average molecular weight is 412 g/mol. The van der Waals surface area contributed by atoms with Gasteiger partial charge in [-0.25, -0.2) is 0 Å². The highest BCUT2D eigenvalue weighted by molar-refractivity contribution is 6.40. The first-order valence-corrected chi connectivity index (χ1v) is 9.47. The summed E-state index contributed by atoms with van der Waals surface area (Å²) >= 11 is 18.1. The van der Waals surface area contributed by atoms with E-state index >= 15 is 0 Å². The number of nitrogens with one attached hydrogen (secondary N) is 1. The number of benzene rings is 1. The van der Waals surface area contributed by atoms with Crippen molar-refractivity contribution >= 4 is 52.4 Å². The van der Waals surface area contributed by atoms with Gasteiger partial charge in [0.25, 0.3) is 5.91 Å². The lowest BCUT2D eigenvalue weighted by Gasteiger charge is -2.20. The predicted octanol–water partition coefficient (Wildman–Crippen LogP) is 4.48. The van der Waals surface area contributed by atoms with Crippen LogP contribution in [-0.2, 0) is 6.42 Å². The lowest BCUT2D eigenvalue weighted by molar-refractivity contribution is 0.0852. The molecule has 2 heterocycles. The molecule has 1 aromatic carbocycles. The van der Waals surface area contributed by atoms with Gasteiger partial charge in [-0.1, -0.05) is 35.3 Å². The Morgan fingerprint density at radius 2 is 1.96 bits per heavy atom. The minimum absolute atomic E-state index is 0.221. The van der Waals surface area contributed by atoms with E-state index < -0.39 is 0 Å². The van der Waals surface area contributed by atoms with Crippen LogP contribution in [0.1, 0.15) is 22.5 Å². The molecule has 0 fully saturated rings. The molecular formula is C18H17Cl3N4O. The molecule has 1 aromatic heterocycles. The van der Waals surface area contributed by atoms with Gasteiger partial charge in [0.05, 0.1) is 22.3 Å². The zero-order valence-electron chi connectivity index (χ0n) is 13.9. The van der Waals surface area contributed by atoms with E-state index in [2.05, 4.69) is 15.3 Å². The number of carbonyl (C=O) groups is 1. The molecule has 1 N–H and O–H groups in total. The number of anilines is 1. The van der Waals surface area contributed by atoms with Crippen LogP contribution in [0.15, 0.2) is 41.5 Å². The Balaban J connectivity index is 1.74. The van der Waals surface area contributed by atoms with Gasteiger partial charge in [-0.2, -0.15) is 0 Å². The van der Waals surface area contributed by atoms with E-state index in [0.29, 0.717) is 46.4 Å². The molecule has 136 valence electrons. The van der Waals surface area contributed by atoms with Crippen LogP contribution in [0.3, 0.4) is 0 Å². The third kappa shape index (κ3) is 4.29. The number of alkyl halides is 1. The standard InChI is InChI=1S/C18H17Cl3N4O/c19-8-2-3-12-6-7-15(23-11-12)17(26)25-10-9-22-18(25)24-16-13(20)4-1-5-14(16)21/h1,4-7,11H,2-3,8-10H2,(H,22,24). The van der Waals surface area contributed by atoms with E-state index in [0.717, 1.165) is 18.4 Å². The number of aromatic nitrogens is 1. The Morgan fingerprint density at radius 1 is 1.19 bits per heavy atom. The van der Waals surface area contributed by atoms with Gasteiger partial charge in [0.15, 0.2) is 0 Å². The molecule has 0 saturated heterocycles. The Morgan fingerprint density at radius 3 is 2.62 bits per heavy atom. The Bertz CT molecular complexity index is 803. The number of rotatable bonds is 5. The van der Waals surface area contributed by atoms with Gasteiger partial charge in [-0.05, 0) is 36.6 Å². The summed E-state index contributed by atoms with van der Waals surface area (Å²) in [5.41, 5.74) is 1.94. The van der Waals surface area contributed by atoms with Crippen LogP contribution in [0.25, 0.3) is 0 Å². The maximum Gasteiger partial charge on any atom is 0.279 e. The van der Waals surface area contributed by atoms with Crippen LogP contribution in [0.5, 0.6) is 0 Å². The zero-order chi connectivity index (χ0) is 18.5. The zero-order valence-corrected chi connectivity index (χ0v) is 16.2. The minimum atomic E-state index is -0.221. The van der Waals surface area contributed by atoms with E-state index in [1.54, 1.807) is 35.4 Å². The Labute approximate surface area is 167 Å². The van der Waals surface area contributed by atoms with Crippen LogP contribution in [0, 0.1) is 0 Å². The number of aryl methyl sites for hydroxylation is 1. The molecule has 0 saturated carbocycles. The number of nitrogens with zero attached hydrogens (tertiary/aromatic N) is 3. The van der Waals surface area contributed by atoms with Crippen molar-refractivity contribution < 1.29 is 4.79 Å². The number of hydrogen-bond acceptors (Lipinski definition) is 4. The van der Waals surface area contributed by atoms with Gasteiger partial charge in [0.2, 0.25) is 5.96 Å². The second-order valence-electron chi connectivity index (χ2n) is 5.73. The van der Waals surface area contributed by atoms with Gasteiger partial charge >= 0.3 is 0 Å².